The standard InChI is InChI=1S/C25H26Cl2F3N3O6S2/c1-3-40(36,37)13-14-9-32(10-14)12-18-19(25(28,29)30)8-17-22(21(18)27)31-24(35)33(23(17)34)11-15-7-16(26)5-6-20(15)41(38,39)4-2/h5-8,14H,3-4,9-13H2,1-2H3,(H,31,35). The predicted octanol–water partition coefficient (Wildman–Crippen LogP) is 3.72. The number of hydrogen-bond donors (Lipinski definition) is 1. The number of rotatable bonds is 9. The highest BCUT2D eigenvalue weighted by molar-refractivity contribution is 7.91. The predicted molar refractivity (Wildman–Crippen MR) is 150 cm³/mol. The maximum Gasteiger partial charge on any atom is 0.416 e. The molecule has 1 fully saturated rings. The van der Waals surface area contributed by atoms with E-state index in [2.05, 4.69) is 4.98 Å². The number of aromatic amines is 1. The minimum absolute atomic E-state index is 0.0162. The number of benzene rings is 2. The minimum atomic E-state index is -4.91. The van der Waals surface area contributed by atoms with E-state index in [0.717, 1.165) is 0 Å². The van der Waals surface area contributed by atoms with E-state index in [0.29, 0.717) is 10.6 Å². The summed E-state index contributed by atoms with van der Waals surface area (Å²) >= 11 is 12.4. The van der Waals surface area contributed by atoms with Crippen molar-refractivity contribution >= 4 is 53.8 Å². The van der Waals surface area contributed by atoms with E-state index in [1.807, 2.05) is 0 Å². The molecule has 0 radical (unpaired) electrons. The van der Waals surface area contributed by atoms with Crippen molar-refractivity contribution in [1.82, 2.24) is 14.5 Å². The van der Waals surface area contributed by atoms with Gasteiger partial charge in [0.15, 0.2) is 9.84 Å². The second-order valence-electron chi connectivity index (χ2n) is 9.87. The molecule has 0 spiro atoms. The topological polar surface area (TPSA) is 126 Å². The molecule has 3 aromatic rings. The molecule has 0 unspecified atom stereocenters. The Labute approximate surface area is 243 Å². The lowest BCUT2D eigenvalue weighted by Gasteiger charge is -2.39. The zero-order valence-electron chi connectivity index (χ0n) is 21.9. The monoisotopic (exact) mass is 655 g/mol. The molecule has 2 heterocycles. The summed E-state index contributed by atoms with van der Waals surface area (Å²) in [4.78, 5) is 30.2. The van der Waals surface area contributed by atoms with Crippen molar-refractivity contribution in [3.63, 3.8) is 0 Å². The number of H-pyrrole nitrogens is 1. The van der Waals surface area contributed by atoms with Crippen LogP contribution < -0.4 is 11.2 Å². The maximum atomic E-state index is 14.2. The summed E-state index contributed by atoms with van der Waals surface area (Å²) in [5, 5.41) is -0.839. The Morgan fingerprint density at radius 1 is 1.00 bits per heavy atom. The zero-order valence-corrected chi connectivity index (χ0v) is 25.0. The molecule has 1 saturated heterocycles. The van der Waals surface area contributed by atoms with Crippen LogP contribution in [0.5, 0.6) is 0 Å². The van der Waals surface area contributed by atoms with Crippen LogP contribution >= 0.6 is 23.2 Å². The Bertz CT molecular complexity index is 1850. The third kappa shape index (κ3) is 6.51. The number of sulfone groups is 2. The van der Waals surface area contributed by atoms with Gasteiger partial charge < -0.3 is 4.98 Å². The summed E-state index contributed by atoms with van der Waals surface area (Å²) in [6, 6.07) is 4.45. The van der Waals surface area contributed by atoms with Crippen molar-refractivity contribution in [2.45, 2.75) is 38.0 Å². The average Bonchev–Trinajstić information content (AvgIpc) is 2.86. The minimum Gasteiger partial charge on any atom is -0.305 e. The van der Waals surface area contributed by atoms with Crippen LogP contribution in [0.2, 0.25) is 10.0 Å². The molecule has 0 saturated carbocycles. The van der Waals surface area contributed by atoms with Gasteiger partial charge in [0.25, 0.3) is 5.56 Å². The van der Waals surface area contributed by atoms with Crippen LogP contribution in [0.25, 0.3) is 10.9 Å². The molecule has 1 N–H and O–H groups in total. The molecule has 1 aromatic heterocycles. The van der Waals surface area contributed by atoms with E-state index < -0.39 is 59.6 Å². The Morgan fingerprint density at radius 2 is 1.66 bits per heavy atom. The number of hydrogen-bond acceptors (Lipinski definition) is 7. The van der Waals surface area contributed by atoms with Crippen LogP contribution in [-0.2, 0) is 38.9 Å². The molecule has 0 atom stereocenters. The Morgan fingerprint density at radius 3 is 2.24 bits per heavy atom. The van der Waals surface area contributed by atoms with Crippen molar-refractivity contribution in [2.75, 3.05) is 30.3 Å². The second-order valence-corrected chi connectivity index (χ2v) is 15.3. The number of alkyl halides is 3. The average molecular weight is 657 g/mol. The molecule has 4 rings (SSSR count). The summed E-state index contributed by atoms with van der Waals surface area (Å²) in [5.41, 5.74) is -3.92. The summed E-state index contributed by atoms with van der Waals surface area (Å²) in [6.45, 7) is 2.56. The molecule has 0 amide bonds. The quantitative estimate of drug-likeness (QED) is 0.372. The Balaban J connectivity index is 1.78. The molecule has 0 aliphatic carbocycles. The maximum absolute atomic E-state index is 14.2. The van der Waals surface area contributed by atoms with Crippen molar-refractivity contribution in [3.05, 3.63) is 71.8 Å². The smallest absolute Gasteiger partial charge is 0.305 e. The number of aromatic nitrogens is 2. The van der Waals surface area contributed by atoms with Gasteiger partial charge in [-0.15, -0.1) is 0 Å². The van der Waals surface area contributed by atoms with Crippen LogP contribution in [0.4, 0.5) is 13.2 Å². The van der Waals surface area contributed by atoms with Gasteiger partial charge in [-0.2, -0.15) is 13.2 Å². The lowest BCUT2D eigenvalue weighted by atomic mass is 9.98. The first-order valence-electron chi connectivity index (χ1n) is 12.5. The highest BCUT2D eigenvalue weighted by Crippen LogP contribution is 2.39. The van der Waals surface area contributed by atoms with Crippen LogP contribution in [-0.4, -0.2) is 61.6 Å². The summed E-state index contributed by atoms with van der Waals surface area (Å²) in [7, 11) is -7.04. The first-order valence-corrected chi connectivity index (χ1v) is 16.7. The van der Waals surface area contributed by atoms with Crippen molar-refractivity contribution < 1.29 is 30.0 Å². The lowest BCUT2D eigenvalue weighted by molar-refractivity contribution is -0.138. The van der Waals surface area contributed by atoms with Crippen LogP contribution in [0, 0.1) is 5.92 Å². The van der Waals surface area contributed by atoms with E-state index in [1.165, 1.54) is 32.0 Å². The largest absolute Gasteiger partial charge is 0.416 e. The Kier molecular flexibility index (Phi) is 8.74. The van der Waals surface area contributed by atoms with Crippen molar-refractivity contribution in [3.8, 4) is 0 Å². The number of nitrogens with one attached hydrogen (secondary N) is 1. The van der Waals surface area contributed by atoms with Gasteiger partial charge in [-0.1, -0.05) is 37.0 Å². The SMILES string of the molecule is CCS(=O)(=O)CC1CN(Cc2c(C(F)(F)F)cc3c(=O)n(Cc4cc(Cl)ccc4S(=O)(=O)CC)c(=O)[nH]c3c2Cl)C1. The molecular formula is C25H26Cl2F3N3O6S2. The molecular weight excluding hydrogens is 630 g/mol. The fraction of sp³-hybridized carbons (Fsp3) is 0.440. The van der Waals surface area contributed by atoms with E-state index in [9.17, 15) is 39.6 Å². The molecule has 1 aliphatic heterocycles. The molecule has 224 valence electrons. The first kappa shape index (κ1) is 31.5. The van der Waals surface area contributed by atoms with Gasteiger partial charge in [0, 0.05) is 30.4 Å². The first-order chi connectivity index (χ1) is 19.0. The molecule has 1 aliphatic rings. The molecule has 9 nitrogen and oxygen atoms in total. The second kappa shape index (κ2) is 11.4. The number of nitrogens with zero attached hydrogens (tertiary/aromatic N) is 2. The molecule has 16 heteroatoms. The van der Waals surface area contributed by atoms with Crippen LogP contribution in [0.1, 0.15) is 30.5 Å². The normalized spacial score (nSPS) is 15.4. The van der Waals surface area contributed by atoms with Gasteiger partial charge in [0.2, 0.25) is 0 Å². The van der Waals surface area contributed by atoms with E-state index >= 15 is 0 Å². The lowest BCUT2D eigenvalue weighted by Crippen LogP contribution is -2.49. The molecule has 41 heavy (non-hydrogen) atoms. The van der Waals surface area contributed by atoms with E-state index in [-0.39, 0.29) is 69.4 Å². The van der Waals surface area contributed by atoms with E-state index in [1.54, 1.807) is 4.90 Å². The van der Waals surface area contributed by atoms with Gasteiger partial charge >= 0.3 is 11.9 Å². The number of likely N-dealkylation sites (tertiary alicyclic amines) is 1. The fourth-order valence-corrected chi connectivity index (χ4v) is 7.64. The van der Waals surface area contributed by atoms with Gasteiger partial charge in [0.05, 0.1) is 44.4 Å². The van der Waals surface area contributed by atoms with Crippen molar-refractivity contribution in [1.29, 1.82) is 0 Å². The van der Waals surface area contributed by atoms with E-state index in [4.69, 9.17) is 23.2 Å². The molecule has 2 aromatic carbocycles. The molecule has 0 bridgehead atoms. The summed E-state index contributed by atoms with van der Waals surface area (Å²) in [6.07, 6.45) is -4.91. The highest BCUT2D eigenvalue weighted by Gasteiger charge is 2.38. The fourth-order valence-electron chi connectivity index (χ4n) is 4.86. The van der Waals surface area contributed by atoms with Crippen LogP contribution in [0.3, 0.4) is 0 Å². The highest BCUT2D eigenvalue weighted by atomic mass is 35.5. The summed E-state index contributed by atoms with van der Waals surface area (Å²) in [5.74, 6) is -0.605. The van der Waals surface area contributed by atoms with Gasteiger partial charge in [-0.05, 0) is 41.3 Å². The van der Waals surface area contributed by atoms with Crippen LogP contribution in [0.15, 0.2) is 38.8 Å². The van der Waals surface area contributed by atoms with Crippen molar-refractivity contribution in [2.24, 2.45) is 5.92 Å². The third-order valence-corrected chi connectivity index (χ3v) is 11.4. The van der Waals surface area contributed by atoms with Gasteiger partial charge in [-0.25, -0.2) is 21.6 Å². The zero-order chi connectivity index (χ0) is 30.5. The summed E-state index contributed by atoms with van der Waals surface area (Å²) < 4.78 is 92.0. The van der Waals surface area contributed by atoms with Gasteiger partial charge in [-0.3, -0.25) is 14.3 Å². The third-order valence-electron chi connectivity index (χ3n) is 7.04. The number of fused-ring (bicyclic) bond motifs is 1. The van der Waals surface area contributed by atoms with Gasteiger partial charge in [0.1, 0.15) is 9.84 Å². The Hall–Kier alpha value is -2.39. The number of halogens is 5.